The molecule has 0 spiro atoms. The molecule has 1 aliphatic heterocycles. The third kappa shape index (κ3) is 5.16. The maximum absolute atomic E-state index is 13.9. The van der Waals surface area contributed by atoms with Crippen molar-refractivity contribution < 1.29 is 18.3 Å². The van der Waals surface area contributed by atoms with Crippen LogP contribution < -0.4 is 4.74 Å². The fourth-order valence-corrected chi connectivity index (χ4v) is 4.50. The Balaban J connectivity index is 1.39. The van der Waals surface area contributed by atoms with Crippen LogP contribution in [0.5, 0.6) is 5.75 Å². The standard InChI is InChI=1S/C25H30F2N4O2/c1-18(24-28-21-6-3-4-7-22(21)31(24)25(26)27)29-14-5-15-30(17-16-29)23(32)13-10-19-8-11-20(33-2)12-9-19/h3-4,6-9,11-12,18,25H,5,10,13-17H2,1-2H3. The summed E-state index contributed by atoms with van der Waals surface area (Å²) < 4.78 is 34.0. The molecule has 0 aliphatic carbocycles. The summed E-state index contributed by atoms with van der Waals surface area (Å²) in [5.41, 5.74) is 2.12. The third-order valence-electron chi connectivity index (χ3n) is 6.41. The van der Waals surface area contributed by atoms with E-state index in [4.69, 9.17) is 4.74 Å². The smallest absolute Gasteiger partial charge is 0.320 e. The molecule has 1 fully saturated rings. The van der Waals surface area contributed by atoms with Crippen LogP contribution in [-0.2, 0) is 11.2 Å². The van der Waals surface area contributed by atoms with Gasteiger partial charge in [-0.3, -0.25) is 14.3 Å². The summed E-state index contributed by atoms with van der Waals surface area (Å²) >= 11 is 0. The first kappa shape index (κ1) is 23.2. The van der Waals surface area contributed by atoms with Gasteiger partial charge in [-0.2, -0.15) is 8.78 Å². The van der Waals surface area contributed by atoms with Crippen LogP contribution in [0.15, 0.2) is 48.5 Å². The van der Waals surface area contributed by atoms with Crippen molar-refractivity contribution in [2.45, 2.75) is 38.8 Å². The molecule has 1 saturated heterocycles. The molecule has 0 saturated carbocycles. The van der Waals surface area contributed by atoms with Crippen molar-refractivity contribution in [3.8, 4) is 5.75 Å². The molecule has 1 aliphatic rings. The summed E-state index contributed by atoms with van der Waals surface area (Å²) in [6, 6.07) is 14.5. The molecule has 176 valence electrons. The van der Waals surface area contributed by atoms with E-state index >= 15 is 0 Å². The summed E-state index contributed by atoms with van der Waals surface area (Å²) in [6.45, 7) is 1.88. The van der Waals surface area contributed by atoms with Crippen LogP contribution in [0.4, 0.5) is 8.78 Å². The number of nitrogens with zero attached hydrogens (tertiary/aromatic N) is 4. The number of fused-ring (bicyclic) bond motifs is 1. The van der Waals surface area contributed by atoms with Gasteiger partial charge in [0.05, 0.1) is 24.2 Å². The van der Waals surface area contributed by atoms with Gasteiger partial charge < -0.3 is 9.64 Å². The monoisotopic (exact) mass is 456 g/mol. The van der Waals surface area contributed by atoms with Gasteiger partial charge in [0.25, 0.3) is 0 Å². The number of carbonyl (C=O) groups is 1. The van der Waals surface area contributed by atoms with Gasteiger partial charge in [-0.25, -0.2) is 4.98 Å². The average Bonchev–Trinajstić information content (AvgIpc) is 3.05. The molecule has 1 unspecified atom stereocenters. The van der Waals surface area contributed by atoms with Gasteiger partial charge in [0, 0.05) is 32.6 Å². The van der Waals surface area contributed by atoms with E-state index in [-0.39, 0.29) is 11.9 Å². The minimum atomic E-state index is -2.65. The van der Waals surface area contributed by atoms with Crippen LogP contribution in [0.2, 0.25) is 0 Å². The molecule has 33 heavy (non-hydrogen) atoms. The number of carbonyl (C=O) groups excluding carboxylic acids is 1. The molecule has 8 heteroatoms. The first-order valence-corrected chi connectivity index (χ1v) is 11.4. The van der Waals surface area contributed by atoms with Crippen molar-refractivity contribution in [3.05, 3.63) is 59.9 Å². The number of hydrogen-bond donors (Lipinski definition) is 0. The second-order valence-electron chi connectivity index (χ2n) is 8.40. The molecular formula is C25H30F2N4O2. The van der Waals surface area contributed by atoms with Crippen LogP contribution >= 0.6 is 0 Å². The third-order valence-corrected chi connectivity index (χ3v) is 6.41. The molecule has 0 N–H and O–H groups in total. The molecule has 4 rings (SSSR count). The maximum atomic E-state index is 13.9. The molecule has 0 bridgehead atoms. The van der Waals surface area contributed by atoms with Gasteiger partial charge in [0.15, 0.2) is 0 Å². The van der Waals surface area contributed by atoms with Crippen molar-refractivity contribution in [2.24, 2.45) is 0 Å². The van der Waals surface area contributed by atoms with Gasteiger partial charge in [0.1, 0.15) is 11.6 Å². The SMILES string of the molecule is COc1ccc(CCC(=O)N2CCCN(C(C)c3nc4ccccc4n3C(F)F)CC2)cc1. The number of amides is 1. The molecule has 1 atom stereocenters. The van der Waals surface area contributed by atoms with E-state index in [0.717, 1.165) is 28.8 Å². The normalized spacial score (nSPS) is 16.2. The Bertz CT molecular complexity index is 1080. The minimum Gasteiger partial charge on any atom is -0.497 e. The predicted octanol–water partition coefficient (Wildman–Crippen LogP) is 4.67. The lowest BCUT2D eigenvalue weighted by atomic mass is 10.1. The van der Waals surface area contributed by atoms with Crippen LogP contribution in [0.1, 0.15) is 43.7 Å². The molecular weight excluding hydrogens is 426 g/mol. The number of alkyl halides is 2. The Hall–Kier alpha value is -3.00. The summed E-state index contributed by atoms with van der Waals surface area (Å²) in [4.78, 5) is 21.4. The molecule has 1 aromatic heterocycles. The largest absolute Gasteiger partial charge is 0.497 e. The molecule has 6 nitrogen and oxygen atoms in total. The van der Waals surface area contributed by atoms with Crippen LogP contribution in [0.25, 0.3) is 11.0 Å². The van der Waals surface area contributed by atoms with E-state index < -0.39 is 6.55 Å². The number of para-hydroxylation sites is 2. The Morgan fingerprint density at radius 1 is 1.06 bits per heavy atom. The number of aromatic nitrogens is 2. The average molecular weight is 457 g/mol. The fourth-order valence-electron chi connectivity index (χ4n) is 4.50. The van der Waals surface area contributed by atoms with Crippen LogP contribution in [0, 0.1) is 0 Å². The van der Waals surface area contributed by atoms with Crippen molar-refractivity contribution in [2.75, 3.05) is 33.3 Å². The Kier molecular flexibility index (Phi) is 7.23. The molecule has 2 heterocycles. The summed E-state index contributed by atoms with van der Waals surface area (Å²) in [5.74, 6) is 1.29. The Labute approximate surface area is 192 Å². The maximum Gasteiger partial charge on any atom is 0.320 e. The van der Waals surface area contributed by atoms with Crippen LogP contribution in [-0.4, -0.2) is 58.5 Å². The fraction of sp³-hybridized carbons (Fsp3) is 0.440. The minimum absolute atomic E-state index is 0.125. The summed E-state index contributed by atoms with van der Waals surface area (Å²) in [7, 11) is 1.63. The Morgan fingerprint density at radius 2 is 1.82 bits per heavy atom. The molecule has 1 amide bonds. The molecule has 3 aromatic rings. The highest BCUT2D eigenvalue weighted by Crippen LogP contribution is 2.30. The number of rotatable bonds is 7. The van der Waals surface area contributed by atoms with E-state index in [1.165, 1.54) is 0 Å². The molecule has 2 aromatic carbocycles. The first-order valence-electron chi connectivity index (χ1n) is 11.4. The topological polar surface area (TPSA) is 50.6 Å². The van der Waals surface area contributed by atoms with Gasteiger partial charge in [-0.05, 0) is 49.6 Å². The van der Waals surface area contributed by atoms with Crippen molar-refractivity contribution in [1.29, 1.82) is 0 Å². The predicted molar refractivity (Wildman–Crippen MR) is 123 cm³/mol. The van der Waals surface area contributed by atoms with E-state index in [9.17, 15) is 13.6 Å². The number of benzene rings is 2. The zero-order chi connectivity index (χ0) is 23.4. The first-order chi connectivity index (χ1) is 16.0. The quantitative estimate of drug-likeness (QED) is 0.519. The number of aryl methyl sites for hydroxylation is 1. The highest BCUT2D eigenvalue weighted by molar-refractivity contribution is 5.77. The van der Waals surface area contributed by atoms with Crippen molar-refractivity contribution in [3.63, 3.8) is 0 Å². The van der Waals surface area contributed by atoms with Crippen molar-refractivity contribution in [1.82, 2.24) is 19.4 Å². The summed E-state index contributed by atoms with van der Waals surface area (Å²) in [6.07, 6.45) is 1.93. The number of ether oxygens (including phenoxy) is 1. The molecule has 0 radical (unpaired) electrons. The van der Waals surface area contributed by atoms with E-state index in [0.29, 0.717) is 49.3 Å². The number of methoxy groups -OCH3 is 1. The number of hydrogen-bond acceptors (Lipinski definition) is 4. The van der Waals surface area contributed by atoms with Gasteiger partial charge in [-0.1, -0.05) is 24.3 Å². The zero-order valence-electron chi connectivity index (χ0n) is 19.1. The van der Waals surface area contributed by atoms with Gasteiger partial charge in [0.2, 0.25) is 5.91 Å². The summed E-state index contributed by atoms with van der Waals surface area (Å²) in [5, 5.41) is 0. The lowest BCUT2D eigenvalue weighted by Gasteiger charge is -2.28. The lowest BCUT2D eigenvalue weighted by Crippen LogP contribution is -2.36. The van der Waals surface area contributed by atoms with Crippen LogP contribution in [0.3, 0.4) is 0 Å². The second kappa shape index (κ2) is 10.3. The Morgan fingerprint density at radius 3 is 2.55 bits per heavy atom. The highest BCUT2D eigenvalue weighted by Gasteiger charge is 2.28. The van der Waals surface area contributed by atoms with E-state index in [1.807, 2.05) is 36.1 Å². The zero-order valence-corrected chi connectivity index (χ0v) is 19.1. The second-order valence-corrected chi connectivity index (χ2v) is 8.40. The van der Waals surface area contributed by atoms with Gasteiger partial charge in [-0.15, -0.1) is 0 Å². The van der Waals surface area contributed by atoms with E-state index in [1.54, 1.807) is 31.4 Å². The lowest BCUT2D eigenvalue weighted by molar-refractivity contribution is -0.131. The number of halogens is 2. The van der Waals surface area contributed by atoms with Crippen molar-refractivity contribution >= 4 is 16.9 Å². The number of imidazole rings is 1. The van der Waals surface area contributed by atoms with E-state index in [2.05, 4.69) is 9.88 Å². The highest BCUT2D eigenvalue weighted by atomic mass is 19.3. The van der Waals surface area contributed by atoms with Gasteiger partial charge >= 0.3 is 6.55 Å².